The van der Waals surface area contributed by atoms with Crippen molar-refractivity contribution >= 4 is 11.9 Å². The van der Waals surface area contributed by atoms with Gasteiger partial charge in [0, 0.05) is 12.8 Å². The van der Waals surface area contributed by atoms with E-state index >= 15 is 0 Å². The van der Waals surface area contributed by atoms with Crippen LogP contribution in [0.5, 0.6) is 0 Å². The maximum absolute atomic E-state index is 12.2. The van der Waals surface area contributed by atoms with Crippen LogP contribution in [0.4, 0.5) is 0 Å². The van der Waals surface area contributed by atoms with E-state index in [9.17, 15) is 14.7 Å². The normalized spacial score (nSPS) is 12.6. The number of aliphatic hydroxyl groups is 1. The van der Waals surface area contributed by atoms with Crippen LogP contribution in [0.1, 0.15) is 245 Å². The van der Waals surface area contributed by atoms with Gasteiger partial charge in [-0.2, -0.15) is 0 Å². The van der Waals surface area contributed by atoms with Gasteiger partial charge in [-0.05, 0) is 77.0 Å². The lowest BCUT2D eigenvalue weighted by Gasteiger charge is -2.15. The lowest BCUT2D eigenvalue weighted by Crippen LogP contribution is -2.28. The fraction of sp³-hybridized carbons (Fsp3) is 0.804. The largest absolute Gasteiger partial charge is 0.462 e. The Balaban J connectivity index is 3.48. The van der Waals surface area contributed by atoms with Crippen molar-refractivity contribution in [2.24, 2.45) is 0 Å². The molecular formula is C51H92O5. The molecule has 0 aliphatic heterocycles. The lowest BCUT2D eigenvalue weighted by atomic mass is 10.0. The van der Waals surface area contributed by atoms with Crippen LogP contribution >= 0.6 is 0 Å². The zero-order valence-electron chi connectivity index (χ0n) is 37.1. The van der Waals surface area contributed by atoms with Gasteiger partial charge in [0.05, 0.1) is 6.61 Å². The average molecular weight is 785 g/mol. The molecule has 0 heterocycles. The van der Waals surface area contributed by atoms with Crippen molar-refractivity contribution in [1.29, 1.82) is 0 Å². The van der Waals surface area contributed by atoms with Crippen LogP contribution < -0.4 is 0 Å². The summed E-state index contributed by atoms with van der Waals surface area (Å²) in [5.74, 6) is -0.596. The highest BCUT2D eigenvalue weighted by Gasteiger charge is 2.16. The minimum absolute atomic E-state index is 0.0692. The fourth-order valence-electron chi connectivity index (χ4n) is 6.91. The SMILES string of the molecule is CCCCCC/C=C\CCCCCCCC(=O)OCC(CO)OC(=O)CCCCCCCCCCCCCCCC/C=C\C/C=C\C/C=C\CCCCCCC. The summed E-state index contributed by atoms with van der Waals surface area (Å²) < 4.78 is 10.6. The number of hydrogen-bond acceptors (Lipinski definition) is 5. The predicted molar refractivity (Wildman–Crippen MR) is 242 cm³/mol. The van der Waals surface area contributed by atoms with Crippen molar-refractivity contribution in [3.8, 4) is 0 Å². The number of aliphatic hydroxyl groups excluding tert-OH is 1. The lowest BCUT2D eigenvalue weighted by molar-refractivity contribution is -0.161. The van der Waals surface area contributed by atoms with Crippen LogP contribution in [0, 0.1) is 0 Å². The first-order chi connectivity index (χ1) is 27.6. The number of unbranched alkanes of at least 4 members (excludes halogenated alkanes) is 28. The van der Waals surface area contributed by atoms with Crippen LogP contribution in [-0.2, 0) is 19.1 Å². The number of rotatable bonds is 44. The van der Waals surface area contributed by atoms with E-state index in [0.29, 0.717) is 12.8 Å². The Hall–Kier alpha value is -2.14. The molecule has 56 heavy (non-hydrogen) atoms. The van der Waals surface area contributed by atoms with Crippen LogP contribution in [-0.4, -0.2) is 36.4 Å². The molecule has 0 aromatic rings. The number of esters is 2. The molecule has 0 fully saturated rings. The summed E-state index contributed by atoms with van der Waals surface area (Å²) in [5, 5.41) is 9.59. The average Bonchev–Trinajstić information content (AvgIpc) is 3.20. The maximum Gasteiger partial charge on any atom is 0.306 e. The Labute approximate surface area is 348 Å². The third-order valence-corrected chi connectivity index (χ3v) is 10.6. The number of carbonyl (C=O) groups is 2. The molecule has 5 heteroatoms. The molecule has 5 nitrogen and oxygen atoms in total. The molecule has 0 radical (unpaired) electrons. The Morgan fingerprint density at radius 1 is 0.411 bits per heavy atom. The van der Waals surface area contributed by atoms with Crippen molar-refractivity contribution in [1.82, 2.24) is 0 Å². The number of hydrogen-bond donors (Lipinski definition) is 1. The second-order valence-electron chi connectivity index (χ2n) is 16.2. The van der Waals surface area contributed by atoms with Crippen molar-refractivity contribution in [2.75, 3.05) is 13.2 Å². The highest BCUT2D eigenvalue weighted by Crippen LogP contribution is 2.15. The minimum atomic E-state index is -0.774. The van der Waals surface area contributed by atoms with Crippen molar-refractivity contribution < 1.29 is 24.2 Å². The first kappa shape index (κ1) is 53.9. The summed E-state index contributed by atoms with van der Waals surface area (Å²) in [5.41, 5.74) is 0. The summed E-state index contributed by atoms with van der Waals surface area (Å²) in [6.07, 6.45) is 60.6. The van der Waals surface area contributed by atoms with Crippen LogP contribution in [0.3, 0.4) is 0 Å². The van der Waals surface area contributed by atoms with Gasteiger partial charge in [0.15, 0.2) is 6.10 Å². The van der Waals surface area contributed by atoms with Gasteiger partial charge in [-0.1, -0.05) is 204 Å². The molecule has 1 unspecified atom stereocenters. The summed E-state index contributed by atoms with van der Waals surface area (Å²) in [7, 11) is 0. The van der Waals surface area contributed by atoms with E-state index in [1.54, 1.807) is 0 Å². The molecule has 0 amide bonds. The number of carbonyl (C=O) groups excluding carboxylic acids is 2. The third-order valence-electron chi connectivity index (χ3n) is 10.6. The van der Waals surface area contributed by atoms with Crippen molar-refractivity contribution in [2.45, 2.75) is 251 Å². The molecule has 0 aliphatic carbocycles. The van der Waals surface area contributed by atoms with Crippen molar-refractivity contribution in [3.63, 3.8) is 0 Å². The molecule has 0 bridgehead atoms. The van der Waals surface area contributed by atoms with Gasteiger partial charge in [0.2, 0.25) is 0 Å². The van der Waals surface area contributed by atoms with E-state index < -0.39 is 6.10 Å². The van der Waals surface area contributed by atoms with Gasteiger partial charge in [-0.25, -0.2) is 0 Å². The summed E-state index contributed by atoms with van der Waals surface area (Å²) in [4.78, 5) is 24.3. The van der Waals surface area contributed by atoms with Crippen LogP contribution in [0.25, 0.3) is 0 Å². The Bertz CT molecular complexity index is 935. The highest BCUT2D eigenvalue weighted by molar-refractivity contribution is 5.70. The zero-order valence-corrected chi connectivity index (χ0v) is 37.1. The van der Waals surface area contributed by atoms with E-state index in [2.05, 4.69) is 62.5 Å². The Morgan fingerprint density at radius 3 is 1.11 bits per heavy atom. The minimum Gasteiger partial charge on any atom is -0.462 e. The molecule has 0 spiro atoms. The van der Waals surface area contributed by atoms with Crippen molar-refractivity contribution in [3.05, 3.63) is 48.6 Å². The quantitative estimate of drug-likeness (QED) is 0.0378. The molecule has 0 aromatic heterocycles. The number of allylic oxidation sites excluding steroid dienone is 8. The summed E-state index contributed by atoms with van der Waals surface area (Å²) in [6, 6.07) is 0. The summed E-state index contributed by atoms with van der Waals surface area (Å²) in [6.45, 7) is 4.11. The Kier molecular flexibility index (Phi) is 45.4. The standard InChI is InChI=1S/C51H92O5/c1-3-5-7-9-11-13-15-17-18-19-20-21-22-23-24-25-26-27-28-29-30-31-32-34-36-38-40-42-44-46-51(54)56-49(47-52)48-55-50(53)45-43-41-39-37-35-33-16-14-12-10-8-6-4-2/h14-17,19-20,22-23,49,52H,3-13,18,21,24-48H2,1-2H3/b16-14-,17-15-,20-19-,23-22-. The smallest absolute Gasteiger partial charge is 0.306 e. The molecule has 0 aromatic carbocycles. The van der Waals surface area contributed by atoms with E-state index in [-0.39, 0.29) is 25.2 Å². The van der Waals surface area contributed by atoms with Gasteiger partial charge < -0.3 is 14.6 Å². The zero-order chi connectivity index (χ0) is 40.7. The molecular weight excluding hydrogens is 693 g/mol. The first-order valence-electron chi connectivity index (χ1n) is 24.2. The maximum atomic E-state index is 12.2. The topological polar surface area (TPSA) is 72.8 Å². The molecule has 0 saturated carbocycles. The molecule has 0 saturated heterocycles. The van der Waals surface area contributed by atoms with Gasteiger partial charge in [0.25, 0.3) is 0 Å². The van der Waals surface area contributed by atoms with Gasteiger partial charge >= 0.3 is 11.9 Å². The second-order valence-corrected chi connectivity index (χ2v) is 16.2. The number of ether oxygens (including phenoxy) is 2. The summed E-state index contributed by atoms with van der Waals surface area (Å²) >= 11 is 0. The van der Waals surface area contributed by atoms with Gasteiger partial charge in [0.1, 0.15) is 6.61 Å². The van der Waals surface area contributed by atoms with Gasteiger partial charge in [-0.15, -0.1) is 0 Å². The molecule has 0 aliphatic rings. The molecule has 0 rings (SSSR count). The predicted octanol–water partition coefficient (Wildman–Crippen LogP) is 15.7. The molecule has 1 atom stereocenters. The van der Waals surface area contributed by atoms with Crippen LogP contribution in [0.2, 0.25) is 0 Å². The first-order valence-corrected chi connectivity index (χ1v) is 24.2. The van der Waals surface area contributed by atoms with E-state index in [4.69, 9.17) is 9.47 Å². The molecule has 326 valence electrons. The molecule has 1 N–H and O–H groups in total. The second kappa shape index (κ2) is 47.2. The van der Waals surface area contributed by atoms with E-state index in [1.165, 1.54) is 161 Å². The van der Waals surface area contributed by atoms with Crippen LogP contribution in [0.15, 0.2) is 48.6 Å². The van der Waals surface area contributed by atoms with E-state index in [0.717, 1.165) is 57.8 Å². The monoisotopic (exact) mass is 785 g/mol. The van der Waals surface area contributed by atoms with E-state index in [1.807, 2.05) is 0 Å². The fourth-order valence-corrected chi connectivity index (χ4v) is 6.91. The third kappa shape index (κ3) is 44.6. The Morgan fingerprint density at radius 2 is 0.714 bits per heavy atom. The van der Waals surface area contributed by atoms with Gasteiger partial charge in [-0.3, -0.25) is 9.59 Å². The highest BCUT2D eigenvalue weighted by atomic mass is 16.6.